The molecule has 0 fully saturated rings. The number of aliphatic hydroxyl groups excluding tert-OH is 1. The van der Waals surface area contributed by atoms with Gasteiger partial charge in [0.25, 0.3) is 0 Å². The van der Waals surface area contributed by atoms with Crippen LogP contribution in [-0.2, 0) is 28.2 Å². The number of rotatable bonds is 41. The number of ether oxygens (including phenoxy) is 2. The Kier molecular flexibility index (Phi) is 39.3. The van der Waals surface area contributed by atoms with Gasteiger partial charge in [0, 0.05) is 12.8 Å². The number of phosphoric ester groups is 1. The standard InChI is InChI=1S/C47H85O9P/c1-4-5-6-7-27-32-37-44(48)38-33-28-23-20-21-25-30-35-40-47(50)56-45(42-55-57(51,52)53)41-54-46(49)39-34-29-24-19-17-15-13-11-9-8-10-12-14-16-18-22-26-31-36-43(2)3/h21,23,25,27-28,32-33,38,43-45,48H,4-20,22,24,26,29-31,34-37,39-42H2,1-3H3,(H2,51,52,53)/b25-21-,28-23-,32-27-,38-33+/t44-,45+/m0/s1. The fourth-order valence-corrected chi connectivity index (χ4v) is 6.76. The van der Waals surface area contributed by atoms with Gasteiger partial charge in [0.1, 0.15) is 6.61 Å². The zero-order chi connectivity index (χ0) is 42.1. The molecule has 57 heavy (non-hydrogen) atoms. The van der Waals surface area contributed by atoms with Crippen LogP contribution in [0.4, 0.5) is 0 Å². The molecule has 10 heteroatoms. The first-order valence-electron chi connectivity index (χ1n) is 22.9. The maximum Gasteiger partial charge on any atom is 0.469 e. The fourth-order valence-electron chi connectivity index (χ4n) is 6.40. The SMILES string of the molecule is CCCCC/C=C\C[C@H](O)/C=C/C=C\C/C=C\CCCC(=O)O[C@H](COC(=O)CCCCCCCCCCCCCCCCCCCCC(C)C)COP(=O)(O)O. The van der Waals surface area contributed by atoms with E-state index in [1.807, 2.05) is 36.5 Å². The van der Waals surface area contributed by atoms with Crippen LogP contribution in [0, 0.1) is 5.92 Å². The number of phosphoric acid groups is 1. The van der Waals surface area contributed by atoms with Crippen molar-refractivity contribution in [2.45, 2.75) is 219 Å². The van der Waals surface area contributed by atoms with Gasteiger partial charge in [0.2, 0.25) is 0 Å². The van der Waals surface area contributed by atoms with Crippen molar-refractivity contribution in [1.29, 1.82) is 0 Å². The van der Waals surface area contributed by atoms with Crippen molar-refractivity contribution in [3.8, 4) is 0 Å². The summed E-state index contributed by atoms with van der Waals surface area (Å²) in [5, 5.41) is 10.0. The molecule has 0 aliphatic rings. The highest BCUT2D eigenvalue weighted by molar-refractivity contribution is 7.46. The number of esters is 2. The van der Waals surface area contributed by atoms with E-state index < -0.39 is 38.6 Å². The second kappa shape index (κ2) is 40.7. The average molecular weight is 825 g/mol. The maximum atomic E-state index is 12.4. The van der Waals surface area contributed by atoms with Gasteiger partial charge in [0.15, 0.2) is 6.10 Å². The minimum Gasteiger partial charge on any atom is -0.462 e. The highest BCUT2D eigenvalue weighted by atomic mass is 31.2. The van der Waals surface area contributed by atoms with Crippen LogP contribution in [0.1, 0.15) is 207 Å². The number of hydrogen-bond acceptors (Lipinski definition) is 7. The Labute approximate surface area is 348 Å². The number of carbonyl (C=O) groups is 2. The van der Waals surface area contributed by atoms with Crippen LogP contribution in [0.5, 0.6) is 0 Å². The highest BCUT2D eigenvalue weighted by Gasteiger charge is 2.22. The molecule has 0 amide bonds. The average Bonchev–Trinajstić information content (AvgIpc) is 3.16. The first-order chi connectivity index (χ1) is 27.5. The summed E-state index contributed by atoms with van der Waals surface area (Å²) < 4.78 is 26.4. The second-order valence-electron chi connectivity index (χ2n) is 16.1. The van der Waals surface area contributed by atoms with E-state index in [1.165, 1.54) is 116 Å². The third-order valence-corrected chi connectivity index (χ3v) is 10.3. The summed E-state index contributed by atoms with van der Waals surface area (Å²) in [6, 6.07) is 0. The Balaban J connectivity index is 3.98. The van der Waals surface area contributed by atoms with Gasteiger partial charge in [-0.05, 0) is 50.9 Å². The molecule has 0 aliphatic carbocycles. The fraction of sp³-hybridized carbons (Fsp3) is 0.787. The molecule has 0 aromatic heterocycles. The van der Waals surface area contributed by atoms with Crippen molar-refractivity contribution in [3.63, 3.8) is 0 Å². The van der Waals surface area contributed by atoms with E-state index in [0.29, 0.717) is 32.1 Å². The molecular formula is C47H85O9P. The predicted octanol–water partition coefficient (Wildman–Crippen LogP) is 13.1. The van der Waals surface area contributed by atoms with Crippen LogP contribution in [0.15, 0.2) is 48.6 Å². The summed E-state index contributed by atoms with van der Waals surface area (Å²) in [5.74, 6) is -0.139. The van der Waals surface area contributed by atoms with Gasteiger partial charge in [-0.15, -0.1) is 0 Å². The van der Waals surface area contributed by atoms with E-state index in [0.717, 1.165) is 31.6 Å². The number of aliphatic hydroxyl groups is 1. The van der Waals surface area contributed by atoms with Crippen LogP contribution in [0.25, 0.3) is 0 Å². The summed E-state index contributed by atoms with van der Waals surface area (Å²) in [6.45, 7) is 5.91. The predicted molar refractivity (Wildman–Crippen MR) is 236 cm³/mol. The minimum absolute atomic E-state index is 0.104. The molecule has 0 rings (SSSR count). The highest BCUT2D eigenvalue weighted by Crippen LogP contribution is 2.36. The number of allylic oxidation sites excluding steroid dienone is 6. The van der Waals surface area contributed by atoms with Crippen molar-refractivity contribution in [3.05, 3.63) is 48.6 Å². The van der Waals surface area contributed by atoms with E-state index in [1.54, 1.807) is 6.08 Å². The van der Waals surface area contributed by atoms with Crippen molar-refractivity contribution >= 4 is 19.8 Å². The van der Waals surface area contributed by atoms with Gasteiger partial charge in [0.05, 0.1) is 12.7 Å². The molecule has 0 spiro atoms. The largest absolute Gasteiger partial charge is 0.469 e. The molecule has 0 saturated heterocycles. The summed E-state index contributed by atoms with van der Waals surface area (Å²) in [6.07, 6.45) is 45.9. The smallest absolute Gasteiger partial charge is 0.462 e. The third kappa shape index (κ3) is 44.9. The van der Waals surface area contributed by atoms with Crippen LogP contribution in [0.2, 0.25) is 0 Å². The lowest BCUT2D eigenvalue weighted by molar-refractivity contribution is -0.161. The van der Waals surface area contributed by atoms with Gasteiger partial charge in [-0.25, -0.2) is 4.57 Å². The van der Waals surface area contributed by atoms with E-state index >= 15 is 0 Å². The number of unbranched alkanes of at least 4 members (excludes halogenated alkanes) is 21. The topological polar surface area (TPSA) is 140 Å². The first-order valence-corrected chi connectivity index (χ1v) is 24.4. The maximum absolute atomic E-state index is 12.4. The molecule has 0 aromatic rings. The molecule has 3 N–H and O–H groups in total. The first kappa shape index (κ1) is 55.0. The van der Waals surface area contributed by atoms with Crippen molar-refractivity contribution < 1.29 is 43.0 Å². The molecule has 332 valence electrons. The molecular weight excluding hydrogens is 739 g/mol. The summed E-state index contributed by atoms with van der Waals surface area (Å²) in [5.41, 5.74) is 0. The summed E-state index contributed by atoms with van der Waals surface area (Å²) >= 11 is 0. The van der Waals surface area contributed by atoms with Gasteiger partial charge >= 0.3 is 19.8 Å². The van der Waals surface area contributed by atoms with Crippen LogP contribution < -0.4 is 0 Å². The zero-order valence-electron chi connectivity index (χ0n) is 36.5. The molecule has 9 nitrogen and oxygen atoms in total. The van der Waals surface area contributed by atoms with E-state index in [-0.39, 0.29) is 19.4 Å². The zero-order valence-corrected chi connectivity index (χ0v) is 37.4. The molecule has 0 aliphatic heterocycles. The number of carbonyl (C=O) groups excluding carboxylic acids is 2. The van der Waals surface area contributed by atoms with E-state index in [4.69, 9.17) is 19.3 Å². The third-order valence-electron chi connectivity index (χ3n) is 9.86. The van der Waals surface area contributed by atoms with Crippen molar-refractivity contribution in [2.75, 3.05) is 13.2 Å². The lowest BCUT2D eigenvalue weighted by Crippen LogP contribution is -2.29. The summed E-state index contributed by atoms with van der Waals surface area (Å²) in [7, 11) is -4.79. The van der Waals surface area contributed by atoms with Crippen molar-refractivity contribution in [1.82, 2.24) is 0 Å². The Hall–Kier alpha value is -2.03. The van der Waals surface area contributed by atoms with Gasteiger partial charge in [-0.3, -0.25) is 14.1 Å². The molecule has 0 aromatic carbocycles. The van der Waals surface area contributed by atoms with Gasteiger partial charge in [-0.1, -0.05) is 198 Å². The lowest BCUT2D eigenvalue weighted by Gasteiger charge is -2.18. The number of hydrogen-bond donors (Lipinski definition) is 3. The van der Waals surface area contributed by atoms with E-state index in [9.17, 15) is 19.3 Å². The summed E-state index contributed by atoms with van der Waals surface area (Å²) in [4.78, 5) is 42.9. The van der Waals surface area contributed by atoms with Crippen LogP contribution in [0.3, 0.4) is 0 Å². The van der Waals surface area contributed by atoms with Crippen LogP contribution in [-0.4, -0.2) is 52.3 Å². The van der Waals surface area contributed by atoms with Gasteiger partial charge in [-0.2, -0.15) is 0 Å². The minimum atomic E-state index is -4.79. The van der Waals surface area contributed by atoms with E-state index in [2.05, 4.69) is 31.4 Å². The van der Waals surface area contributed by atoms with Crippen LogP contribution >= 0.6 is 7.82 Å². The lowest BCUT2D eigenvalue weighted by atomic mass is 10.0. The molecule has 0 unspecified atom stereocenters. The monoisotopic (exact) mass is 825 g/mol. The normalized spacial score (nSPS) is 13.5. The Morgan fingerprint density at radius 3 is 1.68 bits per heavy atom. The molecule has 2 atom stereocenters. The second-order valence-corrected chi connectivity index (χ2v) is 17.3. The molecule has 0 heterocycles. The van der Waals surface area contributed by atoms with Gasteiger partial charge < -0.3 is 24.4 Å². The van der Waals surface area contributed by atoms with Crippen molar-refractivity contribution in [2.24, 2.45) is 5.92 Å². The Morgan fingerprint density at radius 2 is 1.12 bits per heavy atom. The molecule has 0 bridgehead atoms. The Bertz CT molecular complexity index is 1090. The molecule has 0 saturated carbocycles. The quantitative estimate of drug-likeness (QED) is 0.0181. The Morgan fingerprint density at radius 1 is 0.596 bits per heavy atom. The molecule has 0 radical (unpaired) electrons.